The lowest BCUT2D eigenvalue weighted by molar-refractivity contribution is -0.137. The highest BCUT2D eigenvalue weighted by Crippen LogP contribution is 2.40. The molecule has 124 valence electrons. The van der Waals surface area contributed by atoms with Crippen molar-refractivity contribution < 1.29 is 9.53 Å². The quantitative estimate of drug-likeness (QED) is 0.607. The molecule has 0 saturated carbocycles. The van der Waals surface area contributed by atoms with Gasteiger partial charge in [-0.15, -0.1) is 0 Å². The number of rotatable bonds is 5. The number of thioether (sulfide) groups is 1. The Bertz CT molecular complexity index is 635. The van der Waals surface area contributed by atoms with Gasteiger partial charge in [-0.05, 0) is 42.2 Å². The van der Waals surface area contributed by atoms with Crippen LogP contribution in [0.2, 0.25) is 0 Å². The molecule has 23 heavy (non-hydrogen) atoms. The Labute approximate surface area is 142 Å². The number of methoxy groups -OCH3 is 1. The maximum Gasteiger partial charge on any atom is 0.316 e. The summed E-state index contributed by atoms with van der Waals surface area (Å²) in [4.78, 5) is 16.0. The molecule has 0 aliphatic heterocycles. The van der Waals surface area contributed by atoms with E-state index in [0.717, 1.165) is 31.4 Å². The summed E-state index contributed by atoms with van der Waals surface area (Å²) in [5, 5.41) is 10.0. The largest absolute Gasteiger partial charge is 0.468 e. The number of esters is 1. The number of hydrogen-bond donors (Lipinski definition) is 0. The van der Waals surface area contributed by atoms with Crippen molar-refractivity contribution in [2.24, 2.45) is 11.3 Å². The Morgan fingerprint density at radius 1 is 1.57 bits per heavy atom. The van der Waals surface area contributed by atoms with Gasteiger partial charge < -0.3 is 4.74 Å². The SMILES string of the molecule is CCC(C)(C)[C@H]1CCc2nc(SCC(=O)OC)c(C#N)cc2C1. The third-order valence-electron chi connectivity index (χ3n) is 5.04. The van der Waals surface area contributed by atoms with Gasteiger partial charge in [0, 0.05) is 5.69 Å². The first-order valence-corrected chi connectivity index (χ1v) is 9.02. The number of hydrogen-bond acceptors (Lipinski definition) is 5. The fourth-order valence-electron chi connectivity index (χ4n) is 2.98. The number of carbonyl (C=O) groups excluding carboxylic acids is 1. The van der Waals surface area contributed by atoms with Crippen molar-refractivity contribution in [2.75, 3.05) is 12.9 Å². The van der Waals surface area contributed by atoms with Gasteiger partial charge in [0.05, 0.1) is 18.4 Å². The van der Waals surface area contributed by atoms with Crippen molar-refractivity contribution >= 4 is 17.7 Å². The van der Waals surface area contributed by atoms with Gasteiger partial charge in [0.25, 0.3) is 0 Å². The number of nitrogens with zero attached hydrogens (tertiary/aromatic N) is 2. The van der Waals surface area contributed by atoms with E-state index in [1.165, 1.54) is 24.4 Å². The van der Waals surface area contributed by atoms with E-state index in [1.54, 1.807) is 0 Å². The van der Waals surface area contributed by atoms with Crippen molar-refractivity contribution in [3.05, 3.63) is 22.9 Å². The predicted molar refractivity (Wildman–Crippen MR) is 91.3 cm³/mol. The third kappa shape index (κ3) is 4.06. The number of fused-ring (bicyclic) bond motifs is 1. The molecular weight excluding hydrogens is 308 g/mol. The lowest BCUT2D eigenvalue weighted by Gasteiger charge is -2.37. The summed E-state index contributed by atoms with van der Waals surface area (Å²) in [5.41, 5.74) is 3.15. The van der Waals surface area contributed by atoms with Gasteiger partial charge in [-0.3, -0.25) is 4.79 Å². The lowest BCUT2D eigenvalue weighted by atomic mass is 9.69. The molecule has 0 spiro atoms. The van der Waals surface area contributed by atoms with Crippen molar-refractivity contribution in [1.29, 1.82) is 5.26 Å². The molecule has 0 bridgehead atoms. The van der Waals surface area contributed by atoms with Crippen LogP contribution < -0.4 is 0 Å². The number of carbonyl (C=O) groups is 1. The van der Waals surface area contributed by atoms with E-state index in [4.69, 9.17) is 0 Å². The summed E-state index contributed by atoms with van der Waals surface area (Å²) in [6.07, 6.45) is 4.22. The Hall–Kier alpha value is -1.54. The van der Waals surface area contributed by atoms with Gasteiger partial charge in [0.2, 0.25) is 0 Å². The first-order chi connectivity index (χ1) is 10.9. The minimum absolute atomic E-state index is 0.183. The van der Waals surface area contributed by atoms with Crippen LogP contribution in [-0.4, -0.2) is 23.8 Å². The number of aryl methyl sites for hydroxylation is 1. The molecule has 0 N–H and O–H groups in total. The molecule has 1 aliphatic rings. The number of nitriles is 1. The predicted octanol–water partition coefficient (Wildman–Crippen LogP) is 3.76. The molecule has 2 rings (SSSR count). The third-order valence-corrected chi connectivity index (χ3v) is 6.01. The van der Waals surface area contributed by atoms with Crippen LogP contribution in [0.1, 0.15) is 50.4 Å². The number of aromatic nitrogens is 1. The molecule has 1 heterocycles. The Morgan fingerprint density at radius 3 is 2.91 bits per heavy atom. The fourth-order valence-corrected chi connectivity index (χ4v) is 3.78. The summed E-state index contributed by atoms with van der Waals surface area (Å²) in [6.45, 7) is 6.88. The van der Waals surface area contributed by atoms with Crippen LogP contribution in [0.3, 0.4) is 0 Å². The molecule has 0 radical (unpaired) electrons. The first-order valence-electron chi connectivity index (χ1n) is 8.03. The second kappa shape index (κ2) is 7.35. The van der Waals surface area contributed by atoms with E-state index in [-0.39, 0.29) is 11.7 Å². The maximum atomic E-state index is 11.3. The van der Waals surface area contributed by atoms with Crippen molar-refractivity contribution in [3.8, 4) is 6.07 Å². The maximum absolute atomic E-state index is 11.3. The smallest absolute Gasteiger partial charge is 0.316 e. The summed E-state index contributed by atoms with van der Waals surface area (Å²) in [7, 11) is 1.37. The molecule has 0 aromatic carbocycles. The van der Waals surface area contributed by atoms with Gasteiger partial charge in [-0.25, -0.2) is 4.98 Å². The average molecular weight is 332 g/mol. The van der Waals surface area contributed by atoms with E-state index < -0.39 is 0 Å². The first kappa shape index (κ1) is 17.8. The monoisotopic (exact) mass is 332 g/mol. The topological polar surface area (TPSA) is 63.0 Å². The molecule has 0 saturated heterocycles. The summed E-state index contributed by atoms with van der Waals surface area (Å²) >= 11 is 1.28. The molecule has 0 amide bonds. The highest BCUT2D eigenvalue weighted by Gasteiger charge is 2.32. The zero-order chi connectivity index (χ0) is 17.0. The molecule has 5 heteroatoms. The van der Waals surface area contributed by atoms with Crippen LogP contribution in [0.25, 0.3) is 0 Å². The van der Waals surface area contributed by atoms with Crippen LogP contribution in [0.15, 0.2) is 11.1 Å². The fraction of sp³-hybridized carbons (Fsp3) is 0.611. The number of ether oxygens (including phenoxy) is 1. The summed E-state index contributed by atoms with van der Waals surface area (Å²) < 4.78 is 4.65. The van der Waals surface area contributed by atoms with Crippen molar-refractivity contribution in [2.45, 2.75) is 51.5 Å². The lowest BCUT2D eigenvalue weighted by Crippen LogP contribution is -2.29. The molecule has 1 aliphatic carbocycles. The molecule has 0 unspecified atom stereocenters. The minimum atomic E-state index is -0.303. The van der Waals surface area contributed by atoms with E-state index in [0.29, 0.717) is 21.9 Å². The minimum Gasteiger partial charge on any atom is -0.468 e. The zero-order valence-corrected chi connectivity index (χ0v) is 15.1. The van der Waals surface area contributed by atoms with Gasteiger partial charge in [-0.2, -0.15) is 5.26 Å². The summed E-state index contributed by atoms with van der Waals surface area (Å²) in [6, 6.07) is 4.19. The van der Waals surface area contributed by atoms with Gasteiger partial charge >= 0.3 is 5.97 Å². The second-order valence-corrected chi connectivity index (χ2v) is 7.67. The number of pyridine rings is 1. The molecule has 1 atom stereocenters. The Morgan fingerprint density at radius 2 is 2.30 bits per heavy atom. The van der Waals surface area contributed by atoms with Gasteiger partial charge in [0.1, 0.15) is 11.1 Å². The van der Waals surface area contributed by atoms with Gasteiger partial charge in [0.15, 0.2) is 0 Å². The molecular formula is C18H24N2O2S. The van der Waals surface area contributed by atoms with Crippen LogP contribution >= 0.6 is 11.8 Å². The molecule has 1 aromatic heterocycles. The standard InChI is InChI=1S/C18H24N2O2S/c1-5-18(2,3)14-6-7-15-12(9-14)8-13(10-19)17(20-15)23-11-16(21)22-4/h8,14H,5-7,9,11H2,1-4H3/t14-/m0/s1. The molecule has 0 fully saturated rings. The Kier molecular flexibility index (Phi) is 5.69. The van der Waals surface area contributed by atoms with Crippen molar-refractivity contribution in [1.82, 2.24) is 4.98 Å². The second-order valence-electron chi connectivity index (χ2n) is 6.71. The Balaban J connectivity index is 2.23. The normalized spacial score (nSPS) is 17.3. The van der Waals surface area contributed by atoms with Crippen molar-refractivity contribution in [3.63, 3.8) is 0 Å². The summed E-state index contributed by atoms with van der Waals surface area (Å²) in [5.74, 6) is 0.507. The van der Waals surface area contributed by atoms with E-state index >= 15 is 0 Å². The highest BCUT2D eigenvalue weighted by atomic mass is 32.2. The average Bonchev–Trinajstić information content (AvgIpc) is 2.57. The van der Waals surface area contributed by atoms with E-state index in [1.807, 2.05) is 6.07 Å². The van der Waals surface area contributed by atoms with E-state index in [2.05, 4.69) is 36.6 Å². The highest BCUT2D eigenvalue weighted by molar-refractivity contribution is 7.99. The van der Waals surface area contributed by atoms with Crippen LogP contribution in [0.4, 0.5) is 0 Å². The van der Waals surface area contributed by atoms with Crippen LogP contribution in [0.5, 0.6) is 0 Å². The van der Waals surface area contributed by atoms with Gasteiger partial charge in [-0.1, -0.05) is 39.0 Å². The zero-order valence-electron chi connectivity index (χ0n) is 14.3. The van der Waals surface area contributed by atoms with Crippen LogP contribution in [0, 0.1) is 22.7 Å². The molecule has 1 aromatic rings. The van der Waals surface area contributed by atoms with E-state index in [9.17, 15) is 10.1 Å². The molecule has 4 nitrogen and oxygen atoms in total. The van der Waals surface area contributed by atoms with Crippen LogP contribution in [-0.2, 0) is 22.4 Å².